The fraction of sp³-hybridized carbons (Fsp3) is 0.429. The van der Waals surface area contributed by atoms with E-state index in [4.69, 9.17) is 4.42 Å². The third-order valence-electron chi connectivity index (χ3n) is 3.50. The summed E-state index contributed by atoms with van der Waals surface area (Å²) in [6, 6.07) is 6.26. The fourth-order valence-electron chi connectivity index (χ4n) is 1.83. The quantitative estimate of drug-likeness (QED) is 0.512. The van der Waals surface area contributed by atoms with E-state index >= 15 is 0 Å². The zero-order chi connectivity index (χ0) is 18.7. The van der Waals surface area contributed by atoms with E-state index in [1.807, 2.05) is 17.4 Å². The Morgan fingerprint density at radius 1 is 0.920 bits per heavy atom. The maximum Gasteiger partial charge on any atom is 0.0937 e. The maximum absolute atomic E-state index is 4.88. The average molecular weight is 359 g/mol. The predicted molar refractivity (Wildman–Crippen MR) is 107 cm³/mol. The average Bonchev–Trinajstić information content (AvgIpc) is 3.30. The highest BCUT2D eigenvalue weighted by atomic mass is 32.1. The van der Waals surface area contributed by atoms with Gasteiger partial charge < -0.3 is 4.42 Å². The topological polar surface area (TPSA) is 38.9 Å². The molecule has 3 aromatic rings. The highest BCUT2D eigenvalue weighted by molar-refractivity contribution is 7.10. The van der Waals surface area contributed by atoms with Crippen LogP contribution in [-0.4, -0.2) is 9.97 Å². The van der Waals surface area contributed by atoms with Gasteiger partial charge in [0.15, 0.2) is 0 Å². The van der Waals surface area contributed by atoms with E-state index in [9.17, 15) is 0 Å². The first-order valence-corrected chi connectivity index (χ1v) is 9.61. The molecule has 3 heterocycles. The van der Waals surface area contributed by atoms with Crippen LogP contribution in [-0.2, 0) is 0 Å². The molecule has 0 saturated carbocycles. The molecule has 0 aromatic carbocycles. The summed E-state index contributed by atoms with van der Waals surface area (Å²) in [5.41, 5.74) is 2.32. The molecule has 0 aliphatic heterocycles. The van der Waals surface area contributed by atoms with Crippen molar-refractivity contribution in [3.8, 4) is 0 Å². The summed E-state index contributed by atoms with van der Waals surface area (Å²) in [6.07, 6.45) is 8.69. The minimum Gasteiger partial charge on any atom is -0.472 e. The normalized spacial score (nSPS) is 10.3. The first-order chi connectivity index (χ1) is 11.9. The van der Waals surface area contributed by atoms with E-state index in [0.717, 1.165) is 5.69 Å². The van der Waals surface area contributed by atoms with Gasteiger partial charge in [-0.05, 0) is 40.8 Å². The summed E-state index contributed by atoms with van der Waals surface area (Å²) in [7, 11) is 0. The Bertz CT molecular complexity index is 606. The van der Waals surface area contributed by atoms with E-state index in [-0.39, 0.29) is 0 Å². The van der Waals surface area contributed by atoms with Crippen molar-refractivity contribution in [1.29, 1.82) is 0 Å². The summed E-state index contributed by atoms with van der Waals surface area (Å²) >= 11 is 1.83. The van der Waals surface area contributed by atoms with Gasteiger partial charge in [-0.3, -0.25) is 9.97 Å². The van der Waals surface area contributed by atoms with Crippen LogP contribution in [0.4, 0.5) is 0 Å². The van der Waals surface area contributed by atoms with Crippen LogP contribution in [0.2, 0.25) is 0 Å². The second-order valence-corrected chi connectivity index (χ2v) is 7.65. The Labute approximate surface area is 156 Å². The molecule has 0 unspecified atom stereocenters. The van der Waals surface area contributed by atoms with Crippen LogP contribution in [0.1, 0.15) is 75.4 Å². The molecule has 3 rings (SSSR count). The molecule has 0 N–H and O–H groups in total. The molecule has 0 aliphatic carbocycles. The molecule has 0 fully saturated rings. The highest BCUT2D eigenvalue weighted by Crippen LogP contribution is 2.18. The molecule has 0 radical (unpaired) electrons. The van der Waals surface area contributed by atoms with Crippen LogP contribution in [0.5, 0.6) is 0 Å². The van der Waals surface area contributed by atoms with Crippen molar-refractivity contribution in [2.24, 2.45) is 0 Å². The lowest BCUT2D eigenvalue weighted by Gasteiger charge is -1.99. The van der Waals surface area contributed by atoms with Crippen molar-refractivity contribution in [2.75, 3.05) is 0 Å². The third kappa shape index (κ3) is 8.64. The highest BCUT2D eigenvalue weighted by Gasteiger charge is 1.97. The molecular formula is C21H30N2OS. The Morgan fingerprint density at radius 2 is 1.68 bits per heavy atom. The molecule has 0 saturated heterocycles. The predicted octanol–water partition coefficient (Wildman–Crippen LogP) is 6.87. The molecule has 0 spiro atoms. The van der Waals surface area contributed by atoms with Crippen molar-refractivity contribution < 1.29 is 4.42 Å². The van der Waals surface area contributed by atoms with Gasteiger partial charge in [0, 0.05) is 23.5 Å². The molecule has 0 aliphatic rings. The second kappa shape index (κ2) is 11.6. The Morgan fingerprint density at radius 3 is 1.96 bits per heavy atom. The van der Waals surface area contributed by atoms with Gasteiger partial charge in [0.25, 0.3) is 0 Å². The summed E-state index contributed by atoms with van der Waals surface area (Å²) < 4.78 is 4.88. The van der Waals surface area contributed by atoms with Crippen LogP contribution in [0, 0.1) is 0 Å². The van der Waals surface area contributed by atoms with Gasteiger partial charge in [0.05, 0.1) is 18.2 Å². The van der Waals surface area contributed by atoms with Crippen molar-refractivity contribution in [1.82, 2.24) is 9.97 Å². The van der Waals surface area contributed by atoms with Crippen molar-refractivity contribution in [3.63, 3.8) is 0 Å². The summed E-state index contributed by atoms with van der Waals surface area (Å²) in [5, 5.41) is 2.12. The van der Waals surface area contributed by atoms with E-state index < -0.39 is 0 Å². The lowest BCUT2D eigenvalue weighted by Crippen LogP contribution is -1.91. The number of hydrogen-bond acceptors (Lipinski definition) is 4. The van der Waals surface area contributed by atoms with Crippen molar-refractivity contribution in [3.05, 3.63) is 70.8 Å². The SMILES string of the molecule is CC(C)c1cccs1.CC(C)c1ccoc1.CC(C)c1cnccn1. The minimum absolute atomic E-state index is 0.485. The molecule has 3 nitrogen and oxygen atoms in total. The van der Waals surface area contributed by atoms with E-state index in [0.29, 0.717) is 17.8 Å². The maximum atomic E-state index is 4.88. The number of rotatable bonds is 3. The van der Waals surface area contributed by atoms with Gasteiger partial charge in [-0.2, -0.15) is 0 Å². The van der Waals surface area contributed by atoms with Crippen LogP contribution >= 0.6 is 11.3 Å². The van der Waals surface area contributed by atoms with Crippen LogP contribution in [0.25, 0.3) is 0 Å². The molecule has 136 valence electrons. The van der Waals surface area contributed by atoms with Gasteiger partial charge in [0.1, 0.15) is 0 Å². The Balaban J connectivity index is 0.000000188. The van der Waals surface area contributed by atoms with E-state index in [2.05, 4.69) is 69.0 Å². The standard InChI is InChI=1S/C7H10N2.C7H10O.C7H10S/c1-6(2)7-5-8-3-4-9-7;1-6(2)7-3-4-8-5-7;1-6(2)7-4-3-5-8-7/h3-6H,1-2H3;2*3-6H,1-2H3. The molecule has 0 atom stereocenters. The van der Waals surface area contributed by atoms with Gasteiger partial charge >= 0.3 is 0 Å². The molecule has 3 aromatic heterocycles. The lowest BCUT2D eigenvalue weighted by atomic mass is 10.1. The molecular weight excluding hydrogens is 328 g/mol. The number of nitrogens with zero attached hydrogens (tertiary/aromatic N) is 2. The second-order valence-electron chi connectivity index (χ2n) is 6.67. The molecule has 25 heavy (non-hydrogen) atoms. The van der Waals surface area contributed by atoms with Crippen molar-refractivity contribution in [2.45, 2.75) is 59.3 Å². The number of furan rings is 1. The monoisotopic (exact) mass is 358 g/mol. The van der Waals surface area contributed by atoms with Gasteiger partial charge in [0.2, 0.25) is 0 Å². The summed E-state index contributed by atoms with van der Waals surface area (Å²) in [5.74, 6) is 1.78. The molecule has 4 heteroatoms. The van der Waals surface area contributed by atoms with E-state index in [1.54, 1.807) is 31.1 Å². The first-order valence-electron chi connectivity index (χ1n) is 8.73. The summed E-state index contributed by atoms with van der Waals surface area (Å²) in [4.78, 5) is 9.54. The third-order valence-corrected chi connectivity index (χ3v) is 4.67. The van der Waals surface area contributed by atoms with Crippen LogP contribution in [0.15, 0.2) is 59.1 Å². The molecule has 0 amide bonds. The molecule has 0 bridgehead atoms. The van der Waals surface area contributed by atoms with E-state index in [1.165, 1.54) is 10.4 Å². The minimum atomic E-state index is 0.485. The van der Waals surface area contributed by atoms with Gasteiger partial charge in [-0.15, -0.1) is 11.3 Å². The largest absolute Gasteiger partial charge is 0.472 e. The fourth-order valence-corrected chi connectivity index (χ4v) is 2.58. The smallest absolute Gasteiger partial charge is 0.0937 e. The summed E-state index contributed by atoms with van der Waals surface area (Å²) in [6.45, 7) is 12.9. The number of thiophene rings is 1. The van der Waals surface area contributed by atoms with Gasteiger partial charge in [-0.1, -0.05) is 47.6 Å². The van der Waals surface area contributed by atoms with Crippen molar-refractivity contribution >= 4 is 11.3 Å². The first kappa shape index (κ1) is 21.1. The zero-order valence-electron chi connectivity index (χ0n) is 16.1. The number of aromatic nitrogens is 2. The number of hydrogen-bond donors (Lipinski definition) is 0. The zero-order valence-corrected chi connectivity index (χ0v) is 17.0. The Hall–Kier alpha value is -1.94. The van der Waals surface area contributed by atoms with Crippen LogP contribution < -0.4 is 0 Å². The van der Waals surface area contributed by atoms with Gasteiger partial charge in [-0.25, -0.2) is 0 Å². The lowest BCUT2D eigenvalue weighted by molar-refractivity contribution is 0.562. The Kier molecular flexibility index (Phi) is 9.78. The van der Waals surface area contributed by atoms with Crippen LogP contribution in [0.3, 0.4) is 0 Å².